The Morgan fingerprint density at radius 3 is 2.56 bits per heavy atom. The van der Waals surface area contributed by atoms with Crippen molar-refractivity contribution in [3.8, 4) is 0 Å². The van der Waals surface area contributed by atoms with Crippen LogP contribution < -0.4 is 16.8 Å². The molecule has 8 N–H and O–H groups in total. The topological polar surface area (TPSA) is 279 Å². The number of nitrogens with two attached hydrogens (primary N) is 2. The number of nitrogens with one attached hydrogen (secondary N) is 1. The van der Waals surface area contributed by atoms with Gasteiger partial charge in [0.2, 0.25) is 0 Å². The number of fused-ring (bicyclic) bond motifs is 2. The van der Waals surface area contributed by atoms with Crippen molar-refractivity contribution >= 4 is 45.0 Å². The molecule has 0 aliphatic carbocycles. The average molecular weight is 679 g/mol. The minimum Gasteiger partial charge on any atom is -0.394 e. The third-order valence-corrected chi connectivity index (χ3v) is 8.58. The lowest BCUT2D eigenvalue weighted by Crippen LogP contribution is -2.35. The summed E-state index contributed by atoms with van der Waals surface area (Å²) < 4.78 is 84.8. The summed E-state index contributed by atoms with van der Waals surface area (Å²) in [6.07, 6.45) is -10.1. The zero-order chi connectivity index (χ0) is 32.0. The number of rotatable bonds is 11. The fraction of sp³-hybridized carbons (Fsp3) is 0.571. The lowest BCUT2D eigenvalue weighted by atomic mass is 10.1. The highest BCUT2D eigenvalue weighted by atomic mass is 31.2. The van der Waals surface area contributed by atoms with Gasteiger partial charge < -0.3 is 41.0 Å². The van der Waals surface area contributed by atoms with Gasteiger partial charge in [0.15, 0.2) is 36.3 Å². The Balaban J connectivity index is 1.16. The molecule has 2 saturated heterocycles. The molecule has 0 radical (unpaired) electrons. The van der Waals surface area contributed by atoms with Gasteiger partial charge in [-0.05, 0) is 4.57 Å². The summed E-state index contributed by atoms with van der Waals surface area (Å²) in [5.74, 6) is 0.281. The molecular weight excluding hydrogens is 652 g/mol. The van der Waals surface area contributed by atoms with E-state index in [1.807, 2.05) is 0 Å². The molecule has 11 atom stereocenters. The first-order chi connectivity index (χ1) is 21.5. The molecule has 20 nitrogen and oxygen atoms in total. The predicted molar refractivity (Wildman–Crippen MR) is 146 cm³/mol. The number of nitrogens with zero attached hydrogens (tertiary/aromatic N) is 7. The second kappa shape index (κ2) is 12.6. The zero-order valence-corrected chi connectivity index (χ0v) is 24.6. The number of aliphatic hydroxyl groups excluding tert-OH is 1. The van der Waals surface area contributed by atoms with E-state index in [0.717, 1.165) is 10.9 Å². The molecular formula is C21H27F2N10O10P2+. The van der Waals surface area contributed by atoms with Gasteiger partial charge in [0.1, 0.15) is 53.9 Å². The highest BCUT2D eigenvalue weighted by molar-refractivity contribution is 7.47. The van der Waals surface area contributed by atoms with Gasteiger partial charge >= 0.3 is 15.9 Å². The first-order valence-electron chi connectivity index (χ1n) is 13.1. The minimum atomic E-state index is -5.16. The van der Waals surface area contributed by atoms with Gasteiger partial charge in [0.25, 0.3) is 6.35 Å². The van der Waals surface area contributed by atoms with Crippen molar-refractivity contribution in [3.63, 3.8) is 0 Å². The molecule has 24 heteroatoms. The van der Waals surface area contributed by atoms with Crippen molar-refractivity contribution in [1.29, 1.82) is 0 Å². The molecule has 0 amide bonds. The number of aromatic nitrogens is 6. The van der Waals surface area contributed by atoms with Crippen LogP contribution in [-0.2, 0) is 32.4 Å². The van der Waals surface area contributed by atoms with E-state index >= 15 is 8.78 Å². The van der Waals surface area contributed by atoms with E-state index in [0.29, 0.717) is 0 Å². The van der Waals surface area contributed by atoms with Crippen LogP contribution in [0, 0.1) is 0 Å². The zero-order valence-electron chi connectivity index (χ0n) is 22.8. The number of ether oxygens (including phenoxy) is 3. The maximum atomic E-state index is 15.7. The van der Waals surface area contributed by atoms with Gasteiger partial charge in [0.05, 0.1) is 32.2 Å². The molecule has 244 valence electrons. The van der Waals surface area contributed by atoms with Gasteiger partial charge in [-0.25, -0.2) is 33.3 Å². The van der Waals surface area contributed by atoms with E-state index < -0.39 is 90.8 Å². The maximum Gasteiger partial charge on any atom is 0.534 e. The number of hydrogen-bond acceptors (Lipinski definition) is 16. The third kappa shape index (κ3) is 6.07. The van der Waals surface area contributed by atoms with E-state index in [9.17, 15) is 24.0 Å². The highest BCUT2D eigenvalue weighted by Crippen LogP contribution is 2.50. The molecule has 0 saturated carbocycles. The van der Waals surface area contributed by atoms with Crippen LogP contribution in [0.3, 0.4) is 0 Å². The molecule has 0 bridgehead atoms. The molecule has 6 rings (SSSR count). The van der Waals surface area contributed by atoms with E-state index in [4.69, 9.17) is 34.7 Å². The van der Waals surface area contributed by atoms with E-state index in [2.05, 4.69) is 30.2 Å². The van der Waals surface area contributed by atoms with Crippen LogP contribution in [-0.4, -0.2) is 107 Å². The summed E-state index contributed by atoms with van der Waals surface area (Å²) in [6.45, 7) is -1.65. The predicted octanol–water partition coefficient (Wildman–Crippen LogP) is -0.241. The number of phosphoric acid groups is 1. The monoisotopic (exact) mass is 679 g/mol. The first kappa shape index (κ1) is 31.8. The molecule has 0 aromatic carbocycles. The Morgan fingerprint density at radius 2 is 1.80 bits per heavy atom. The number of anilines is 2. The average Bonchev–Trinajstić information content (AvgIpc) is 3.76. The first-order valence-corrected chi connectivity index (χ1v) is 16.0. The van der Waals surface area contributed by atoms with Crippen molar-refractivity contribution in [2.24, 2.45) is 10.7 Å². The Bertz CT molecular complexity index is 1650. The molecule has 0 spiro atoms. The smallest absolute Gasteiger partial charge is 0.394 e. The molecule has 6 heterocycles. The molecule has 3 aromatic rings. The number of halogens is 2. The van der Waals surface area contributed by atoms with Crippen LogP contribution in [0.25, 0.3) is 11.2 Å². The van der Waals surface area contributed by atoms with Gasteiger partial charge in [-0.15, -0.1) is 0 Å². The molecule has 2 fully saturated rings. The maximum absolute atomic E-state index is 15.7. The molecule has 3 aliphatic rings. The van der Waals surface area contributed by atoms with Crippen LogP contribution in [0.4, 0.5) is 20.4 Å². The highest BCUT2D eigenvalue weighted by Gasteiger charge is 2.52. The Morgan fingerprint density at radius 1 is 1.09 bits per heavy atom. The van der Waals surface area contributed by atoms with Crippen molar-refractivity contribution in [2.45, 2.75) is 55.4 Å². The summed E-state index contributed by atoms with van der Waals surface area (Å²) in [4.78, 5) is 39.7. The molecule has 3 aliphatic heterocycles. The summed E-state index contributed by atoms with van der Waals surface area (Å²) in [6, 6.07) is 0. The number of aliphatic imine (C=N–C) groups is 1. The lowest BCUT2D eigenvalue weighted by Gasteiger charge is -2.23. The largest absolute Gasteiger partial charge is 0.534 e. The van der Waals surface area contributed by atoms with Crippen LogP contribution in [0.15, 0.2) is 24.0 Å². The Labute approximate surface area is 251 Å². The summed E-state index contributed by atoms with van der Waals surface area (Å²) in [7, 11) is -8.01. The van der Waals surface area contributed by atoms with Gasteiger partial charge in [-0.3, -0.25) is 23.2 Å². The molecule has 3 aromatic heterocycles. The quantitative estimate of drug-likeness (QED) is 0.143. The minimum absolute atomic E-state index is 0.0218. The number of alkyl halides is 2. The lowest BCUT2D eigenvalue weighted by molar-refractivity contribution is -0.0621. The van der Waals surface area contributed by atoms with Crippen molar-refractivity contribution in [2.75, 3.05) is 30.6 Å². The SMILES string of the molecule is Nc1ncnc2c1ncn2[C@@H]1O[C@H](CO)C(OP(=O)(O)OC[C@H]2O[C@@H](n3cnc4c3NC=NC4N)C(F)C2OC[P+](=O)O)C1F. The van der Waals surface area contributed by atoms with Gasteiger partial charge in [0, 0.05) is 0 Å². The number of aliphatic hydroxyl groups is 1. The van der Waals surface area contributed by atoms with Crippen LogP contribution in [0.5, 0.6) is 0 Å². The van der Waals surface area contributed by atoms with Crippen LogP contribution >= 0.6 is 15.9 Å². The fourth-order valence-corrected chi connectivity index (χ4v) is 6.44. The summed E-state index contributed by atoms with van der Waals surface area (Å²) in [5.41, 5.74) is 12.2. The van der Waals surface area contributed by atoms with E-state index in [-0.39, 0.29) is 28.5 Å². The van der Waals surface area contributed by atoms with E-state index in [1.54, 1.807) is 0 Å². The Hall–Kier alpha value is -3.14. The van der Waals surface area contributed by atoms with Crippen molar-refractivity contribution in [3.05, 3.63) is 24.7 Å². The number of imidazole rings is 2. The summed E-state index contributed by atoms with van der Waals surface area (Å²) in [5, 5.41) is 12.6. The fourth-order valence-electron chi connectivity index (χ4n) is 5.18. The molecule has 7 unspecified atom stereocenters. The number of hydrogen-bond donors (Lipinski definition) is 6. The van der Waals surface area contributed by atoms with E-state index in [1.165, 1.54) is 23.6 Å². The van der Waals surface area contributed by atoms with Crippen LogP contribution in [0.1, 0.15) is 24.3 Å². The van der Waals surface area contributed by atoms with Gasteiger partial charge in [-0.2, -0.15) is 4.89 Å². The number of phosphoric ester groups is 1. The normalized spacial score (nSPS) is 32.8. The molecule has 45 heavy (non-hydrogen) atoms. The summed E-state index contributed by atoms with van der Waals surface area (Å²) >= 11 is 0. The van der Waals surface area contributed by atoms with Crippen LogP contribution in [0.2, 0.25) is 0 Å². The third-order valence-electron chi connectivity index (χ3n) is 7.22. The standard InChI is InChI=1S/C21H26F2N10O10P2/c22-10-14(39-7-44(35)36)9(42-20(10)32-5-30-12-16(24)26-3-28-18(12)32)2-40-45(37,38)43-15-8(1-34)41-21(11(15)23)33-6-31-13-17(25)27-4-29-19(13)33/h3-6,8-11,14-16,20-21,34H,1-2,7,24H2,(H4-,25,26,27,28,29,35,36,37,38)/p+1/t8-,9-,10?,11?,14?,15?,16?,20-,21-/m1/s1. The second-order valence-electron chi connectivity index (χ2n) is 9.98. The second-order valence-corrected chi connectivity index (χ2v) is 12.4. The Kier molecular flexibility index (Phi) is 8.89. The van der Waals surface area contributed by atoms with Crippen molar-refractivity contribution < 1.29 is 56.1 Å². The van der Waals surface area contributed by atoms with Crippen molar-refractivity contribution in [1.82, 2.24) is 29.1 Å². The number of nitrogen functional groups attached to an aromatic ring is 1. The van der Waals surface area contributed by atoms with Gasteiger partial charge in [-0.1, -0.05) is 0 Å².